The van der Waals surface area contributed by atoms with Gasteiger partial charge in [0.1, 0.15) is 24.0 Å². The summed E-state index contributed by atoms with van der Waals surface area (Å²) < 4.78 is 32.3. The van der Waals surface area contributed by atoms with Crippen molar-refractivity contribution in [3.8, 4) is 16.2 Å². The van der Waals surface area contributed by atoms with Crippen LogP contribution in [0.4, 0.5) is 14.5 Å². The highest BCUT2D eigenvalue weighted by atomic mass is 32.1. The van der Waals surface area contributed by atoms with Gasteiger partial charge >= 0.3 is 0 Å². The summed E-state index contributed by atoms with van der Waals surface area (Å²) in [6.45, 7) is 0.390. The summed E-state index contributed by atoms with van der Waals surface area (Å²) in [5.41, 5.74) is 1.81. The number of para-hydroxylation sites is 1. The molecule has 1 aliphatic heterocycles. The summed E-state index contributed by atoms with van der Waals surface area (Å²) >= 11 is 1.33. The number of ether oxygens (including phenoxy) is 1. The first kappa shape index (κ1) is 14.8. The predicted octanol–water partition coefficient (Wildman–Crippen LogP) is 4.84. The molecule has 2 aromatic carbocycles. The number of hydrogen-bond donors (Lipinski definition) is 1. The molecular weight excluding hydrogens is 332 g/mol. The van der Waals surface area contributed by atoms with E-state index >= 15 is 0 Å². The lowest BCUT2D eigenvalue weighted by Crippen LogP contribution is -2.11. The monoisotopic (exact) mass is 343 g/mol. The van der Waals surface area contributed by atoms with E-state index in [2.05, 4.69) is 5.32 Å². The Bertz CT molecular complexity index is 952. The van der Waals surface area contributed by atoms with E-state index in [-0.39, 0.29) is 5.69 Å². The molecule has 0 saturated carbocycles. The number of halogens is 2. The van der Waals surface area contributed by atoms with Crippen LogP contribution in [0.5, 0.6) is 5.75 Å². The number of nitrogens with one attached hydrogen (secondary N) is 1. The van der Waals surface area contributed by atoms with E-state index in [1.165, 1.54) is 17.4 Å². The third-order valence-corrected chi connectivity index (χ3v) is 4.94. The molecule has 0 aliphatic carbocycles. The van der Waals surface area contributed by atoms with Gasteiger partial charge in [0.05, 0.1) is 10.6 Å². The van der Waals surface area contributed by atoms with Gasteiger partial charge in [-0.1, -0.05) is 12.1 Å². The number of carbonyl (C=O) groups excluding carboxylic acids is 1. The molecule has 24 heavy (non-hydrogen) atoms. The Hall–Kier alpha value is -2.73. The summed E-state index contributed by atoms with van der Waals surface area (Å²) in [4.78, 5) is 13.8. The van der Waals surface area contributed by atoms with E-state index in [4.69, 9.17) is 4.74 Å². The van der Waals surface area contributed by atoms with Gasteiger partial charge in [-0.2, -0.15) is 0 Å². The van der Waals surface area contributed by atoms with Crippen LogP contribution in [0.25, 0.3) is 10.4 Å². The molecule has 120 valence electrons. The van der Waals surface area contributed by atoms with E-state index in [1.807, 2.05) is 24.3 Å². The fraction of sp³-hybridized carbons (Fsp3) is 0.0556. The second kappa shape index (κ2) is 5.72. The lowest BCUT2D eigenvalue weighted by Gasteiger charge is -2.16. The molecule has 2 heterocycles. The van der Waals surface area contributed by atoms with E-state index in [0.29, 0.717) is 11.5 Å². The largest absolute Gasteiger partial charge is 0.488 e. The van der Waals surface area contributed by atoms with Crippen LogP contribution in [0.3, 0.4) is 0 Å². The Morgan fingerprint density at radius 1 is 1.12 bits per heavy atom. The van der Waals surface area contributed by atoms with Crippen molar-refractivity contribution in [3.63, 3.8) is 0 Å². The van der Waals surface area contributed by atoms with Crippen molar-refractivity contribution in [1.82, 2.24) is 0 Å². The first-order valence-electron chi connectivity index (χ1n) is 7.23. The smallest absolute Gasteiger partial charge is 0.265 e. The topological polar surface area (TPSA) is 38.3 Å². The van der Waals surface area contributed by atoms with Crippen LogP contribution in [0.1, 0.15) is 15.2 Å². The minimum atomic E-state index is -0.807. The summed E-state index contributed by atoms with van der Waals surface area (Å²) in [5.74, 6) is -1.15. The van der Waals surface area contributed by atoms with E-state index in [0.717, 1.165) is 33.9 Å². The van der Waals surface area contributed by atoms with E-state index in [1.54, 1.807) is 6.07 Å². The maximum Gasteiger partial charge on any atom is 0.265 e. The Morgan fingerprint density at radius 2 is 1.96 bits per heavy atom. The van der Waals surface area contributed by atoms with E-state index < -0.39 is 17.5 Å². The molecule has 0 bridgehead atoms. The molecule has 1 amide bonds. The zero-order chi connectivity index (χ0) is 16.7. The Kier molecular flexibility index (Phi) is 3.54. The molecule has 4 rings (SSSR count). The molecule has 1 N–H and O–H groups in total. The summed E-state index contributed by atoms with van der Waals surface area (Å²) in [7, 11) is 0. The second-order valence-electron chi connectivity index (χ2n) is 5.33. The van der Waals surface area contributed by atoms with Crippen molar-refractivity contribution >= 4 is 22.9 Å². The molecule has 1 aromatic heterocycles. The standard InChI is InChI=1S/C18H11F2NO2S/c19-11-5-6-14(13(20)8-11)21-18(22)16-7-10-9-23-15-4-2-1-3-12(15)17(10)24-16/h1-8H,9H2,(H,21,22). The Balaban J connectivity index is 1.64. The Morgan fingerprint density at radius 3 is 2.79 bits per heavy atom. The Labute approximate surface area is 140 Å². The lowest BCUT2D eigenvalue weighted by molar-refractivity contribution is 0.103. The molecule has 0 saturated heterocycles. The number of amides is 1. The van der Waals surface area contributed by atoms with Crippen LogP contribution in [-0.2, 0) is 6.61 Å². The fourth-order valence-electron chi connectivity index (χ4n) is 2.59. The van der Waals surface area contributed by atoms with E-state index in [9.17, 15) is 13.6 Å². The summed E-state index contributed by atoms with van der Waals surface area (Å²) in [6, 6.07) is 12.4. The van der Waals surface area contributed by atoms with Gasteiger partial charge in [-0.3, -0.25) is 4.79 Å². The third kappa shape index (κ3) is 2.55. The number of anilines is 1. The number of carbonyl (C=O) groups is 1. The third-order valence-electron chi connectivity index (χ3n) is 3.73. The number of benzene rings is 2. The molecule has 0 radical (unpaired) electrons. The summed E-state index contributed by atoms with van der Waals surface area (Å²) in [5, 5.41) is 2.48. The first-order chi connectivity index (χ1) is 11.6. The van der Waals surface area contributed by atoms with Crippen LogP contribution in [-0.4, -0.2) is 5.91 Å². The zero-order valence-electron chi connectivity index (χ0n) is 12.3. The average Bonchev–Trinajstić information content (AvgIpc) is 3.02. The van der Waals surface area contributed by atoms with Crippen LogP contribution in [0, 0.1) is 11.6 Å². The van der Waals surface area contributed by atoms with Crippen molar-refractivity contribution in [2.75, 3.05) is 5.32 Å². The molecule has 0 unspecified atom stereocenters. The van der Waals surface area contributed by atoms with Gasteiger partial charge < -0.3 is 10.1 Å². The van der Waals surface area contributed by atoms with Crippen molar-refractivity contribution in [2.45, 2.75) is 6.61 Å². The molecule has 0 fully saturated rings. The first-order valence-corrected chi connectivity index (χ1v) is 8.05. The number of rotatable bonds is 2. The number of thiophene rings is 1. The lowest BCUT2D eigenvalue weighted by atomic mass is 10.1. The highest BCUT2D eigenvalue weighted by Gasteiger charge is 2.22. The molecule has 0 spiro atoms. The van der Waals surface area contributed by atoms with Crippen molar-refractivity contribution in [2.24, 2.45) is 0 Å². The quantitative estimate of drug-likeness (QED) is 0.723. The molecule has 0 atom stereocenters. The predicted molar refractivity (Wildman–Crippen MR) is 88.4 cm³/mol. The normalized spacial score (nSPS) is 12.1. The van der Waals surface area contributed by atoms with Gasteiger partial charge in [0.25, 0.3) is 5.91 Å². The average molecular weight is 343 g/mol. The fourth-order valence-corrected chi connectivity index (χ4v) is 3.68. The van der Waals surface area contributed by atoms with Crippen LogP contribution < -0.4 is 10.1 Å². The maximum atomic E-state index is 13.7. The van der Waals surface area contributed by atoms with Gasteiger partial charge in [0, 0.05) is 22.1 Å². The molecule has 3 nitrogen and oxygen atoms in total. The number of fused-ring (bicyclic) bond motifs is 3. The van der Waals surface area contributed by atoms with Crippen LogP contribution in [0.2, 0.25) is 0 Å². The van der Waals surface area contributed by atoms with Crippen LogP contribution in [0.15, 0.2) is 48.5 Å². The highest BCUT2D eigenvalue weighted by molar-refractivity contribution is 7.17. The van der Waals surface area contributed by atoms with Crippen molar-refractivity contribution in [3.05, 3.63) is 70.6 Å². The molecule has 3 aromatic rings. The van der Waals surface area contributed by atoms with Gasteiger partial charge in [-0.05, 0) is 30.3 Å². The second-order valence-corrected chi connectivity index (χ2v) is 6.38. The van der Waals surface area contributed by atoms with Crippen molar-refractivity contribution in [1.29, 1.82) is 0 Å². The van der Waals surface area contributed by atoms with Gasteiger partial charge in [-0.15, -0.1) is 11.3 Å². The van der Waals surface area contributed by atoms with Crippen LogP contribution >= 0.6 is 11.3 Å². The zero-order valence-corrected chi connectivity index (χ0v) is 13.1. The van der Waals surface area contributed by atoms with Gasteiger partial charge in [-0.25, -0.2) is 8.78 Å². The van der Waals surface area contributed by atoms with Crippen molar-refractivity contribution < 1.29 is 18.3 Å². The highest BCUT2D eigenvalue weighted by Crippen LogP contribution is 2.42. The molecule has 6 heteroatoms. The maximum absolute atomic E-state index is 13.7. The molecular formula is C18H11F2NO2S. The van der Waals surface area contributed by atoms with Gasteiger partial charge in [0.15, 0.2) is 0 Å². The SMILES string of the molecule is O=C(Nc1ccc(F)cc1F)c1cc2c(s1)-c1ccccc1OC2. The minimum Gasteiger partial charge on any atom is -0.488 e. The summed E-state index contributed by atoms with van der Waals surface area (Å²) in [6.07, 6.45) is 0. The minimum absolute atomic E-state index is 0.0515. The van der Waals surface area contributed by atoms with Gasteiger partial charge in [0.2, 0.25) is 0 Å². The number of hydrogen-bond acceptors (Lipinski definition) is 3. The molecule has 1 aliphatic rings.